The first-order chi connectivity index (χ1) is 10.0. The number of hydrogen-bond acceptors (Lipinski definition) is 3. The third kappa shape index (κ3) is 3.68. The van der Waals surface area contributed by atoms with Gasteiger partial charge in [0.1, 0.15) is 5.75 Å². The summed E-state index contributed by atoms with van der Waals surface area (Å²) >= 11 is 9.50. The Balaban J connectivity index is 2.43. The van der Waals surface area contributed by atoms with Gasteiger partial charge >= 0.3 is 5.97 Å². The summed E-state index contributed by atoms with van der Waals surface area (Å²) in [7, 11) is 1.48. The predicted molar refractivity (Wildman–Crippen MR) is 86.1 cm³/mol. The van der Waals surface area contributed by atoms with Crippen molar-refractivity contribution in [3.8, 4) is 5.75 Å². The highest BCUT2D eigenvalue weighted by atomic mass is 79.9. The molecular weight excluding hydrogens is 358 g/mol. The summed E-state index contributed by atoms with van der Waals surface area (Å²) in [6.45, 7) is 0. The monoisotopic (exact) mass is 369 g/mol. The normalized spacial score (nSPS) is 11.8. The highest BCUT2D eigenvalue weighted by Crippen LogP contribution is 2.34. The lowest BCUT2D eigenvalue weighted by molar-refractivity contribution is -0.138. The minimum absolute atomic E-state index is 0.337. The Kier molecular flexibility index (Phi) is 5.09. The quantitative estimate of drug-likeness (QED) is 0.821. The zero-order chi connectivity index (χ0) is 15.4. The maximum atomic E-state index is 11.6. The van der Waals surface area contributed by atoms with Gasteiger partial charge in [0.2, 0.25) is 0 Å². The van der Waals surface area contributed by atoms with Crippen molar-refractivity contribution in [2.24, 2.45) is 0 Å². The summed E-state index contributed by atoms with van der Waals surface area (Å²) in [5, 5.41) is 12.8. The molecule has 110 valence electrons. The van der Waals surface area contributed by atoms with Gasteiger partial charge < -0.3 is 15.2 Å². The smallest absolute Gasteiger partial charge is 0.331 e. The van der Waals surface area contributed by atoms with E-state index < -0.39 is 12.0 Å². The number of benzene rings is 2. The molecule has 2 rings (SSSR count). The molecule has 2 N–H and O–H groups in total. The van der Waals surface area contributed by atoms with Crippen LogP contribution < -0.4 is 10.1 Å². The molecule has 1 atom stereocenters. The molecule has 0 saturated heterocycles. The SMILES string of the molecule is COc1cccc(Cl)c1C(Nc1cccc(Br)c1)C(=O)O. The Labute approximate surface area is 135 Å². The Bertz CT molecular complexity index is 663. The largest absolute Gasteiger partial charge is 0.496 e. The molecule has 0 aliphatic carbocycles. The van der Waals surface area contributed by atoms with Crippen LogP contribution in [-0.2, 0) is 4.79 Å². The molecule has 1 unspecified atom stereocenters. The molecule has 0 radical (unpaired) electrons. The molecule has 0 saturated carbocycles. The molecule has 0 aromatic heterocycles. The van der Waals surface area contributed by atoms with Gasteiger partial charge in [-0.25, -0.2) is 4.79 Å². The summed E-state index contributed by atoms with van der Waals surface area (Å²) < 4.78 is 6.07. The molecule has 0 spiro atoms. The van der Waals surface area contributed by atoms with E-state index >= 15 is 0 Å². The van der Waals surface area contributed by atoms with E-state index in [2.05, 4.69) is 21.2 Å². The Morgan fingerprint density at radius 2 is 2.05 bits per heavy atom. The van der Waals surface area contributed by atoms with Crippen molar-refractivity contribution >= 4 is 39.2 Å². The second kappa shape index (κ2) is 6.83. The summed E-state index contributed by atoms with van der Waals surface area (Å²) in [6, 6.07) is 11.3. The van der Waals surface area contributed by atoms with Gasteiger partial charge in [-0.1, -0.05) is 39.7 Å². The van der Waals surface area contributed by atoms with E-state index in [1.807, 2.05) is 12.1 Å². The van der Waals surface area contributed by atoms with Crippen LogP contribution >= 0.6 is 27.5 Å². The van der Waals surface area contributed by atoms with Crippen molar-refractivity contribution in [2.45, 2.75) is 6.04 Å². The Morgan fingerprint density at radius 3 is 2.67 bits per heavy atom. The maximum Gasteiger partial charge on any atom is 0.331 e. The van der Waals surface area contributed by atoms with Gasteiger partial charge in [0.05, 0.1) is 12.1 Å². The summed E-state index contributed by atoms with van der Waals surface area (Å²) in [5.74, 6) is -0.612. The third-order valence-electron chi connectivity index (χ3n) is 2.90. The van der Waals surface area contributed by atoms with Crippen LogP contribution in [0.4, 0.5) is 5.69 Å². The van der Waals surface area contributed by atoms with Crippen LogP contribution in [0.15, 0.2) is 46.9 Å². The van der Waals surface area contributed by atoms with E-state index in [-0.39, 0.29) is 0 Å². The number of rotatable bonds is 5. The van der Waals surface area contributed by atoms with Gasteiger partial charge in [-0.3, -0.25) is 0 Å². The number of carboxylic acids is 1. The molecule has 0 bridgehead atoms. The van der Waals surface area contributed by atoms with Crippen LogP contribution in [0, 0.1) is 0 Å². The number of ether oxygens (including phenoxy) is 1. The minimum Gasteiger partial charge on any atom is -0.496 e. The van der Waals surface area contributed by atoms with E-state index in [1.165, 1.54) is 7.11 Å². The number of hydrogen-bond donors (Lipinski definition) is 2. The topological polar surface area (TPSA) is 58.6 Å². The fourth-order valence-electron chi connectivity index (χ4n) is 1.98. The van der Waals surface area contributed by atoms with Crippen LogP contribution in [0.5, 0.6) is 5.75 Å². The van der Waals surface area contributed by atoms with Crippen LogP contribution in [-0.4, -0.2) is 18.2 Å². The molecular formula is C15H13BrClNO3. The van der Waals surface area contributed by atoms with Crippen LogP contribution in [0.25, 0.3) is 0 Å². The lowest BCUT2D eigenvalue weighted by Crippen LogP contribution is -2.21. The van der Waals surface area contributed by atoms with Gasteiger partial charge in [0.15, 0.2) is 6.04 Å². The lowest BCUT2D eigenvalue weighted by atomic mass is 10.0. The van der Waals surface area contributed by atoms with Crippen molar-refractivity contribution in [3.05, 3.63) is 57.5 Å². The first-order valence-electron chi connectivity index (χ1n) is 6.10. The van der Waals surface area contributed by atoms with Gasteiger partial charge in [-0.15, -0.1) is 0 Å². The summed E-state index contributed by atoms with van der Waals surface area (Å²) in [6.07, 6.45) is 0. The molecule has 0 aliphatic heterocycles. The van der Waals surface area contributed by atoms with Gasteiger partial charge in [-0.2, -0.15) is 0 Å². The number of anilines is 1. The fraction of sp³-hybridized carbons (Fsp3) is 0.133. The first kappa shape index (κ1) is 15.7. The molecule has 4 nitrogen and oxygen atoms in total. The molecule has 2 aromatic rings. The van der Waals surface area contributed by atoms with E-state index in [0.717, 1.165) is 4.47 Å². The van der Waals surface area contributed by atoms with Crippen molar-refractivity contribution < 1.29 is 14.6 Å². The van der Waals surface area contributed by atoms with Crippen LogP contribution in [0.2, 0.25) is 5.02 Å². The summed E-state index contributed by atoms with van der Waals surface area (Å²) in [5.41, 5.74) is 1.06. The van der Waals surface area contributed by atoms with Crippen molar-refractivity contribution in [3.63, 3.8) is 0 Å². The van der Waals surface area contributed by atoms with Crippen molar-refractivity contribution in [1.29, 1.82) is 0 Å². The van der Waals surface area contributed by atoms with E-state index in [0.29, 0.717) is 22.0 Å². The van der Waals surface area contributed by atoms with E-state index in [9.17, 15) is 9.90 Å². The van der Waals surface area contributed by atoms with E-state index in [1.54, 1.807) is 30.3 Å². The predicted octanol–water partition coefficient (Wildman–Crippen LogP) is 4.35. The highest BCUT2D eigenvalue weighted by molar-refractivity contribution is 9.10. The van der Waals surface area contributed by atoms with Gasteiger partial charge in [0.25, 0.3) is 0 Å². The Morgan fingerprint density at radius 1 is 1.33 bits per heavy atom. The van der Waals surface area contributed by atoms with Crippen LogP contribution in [0.1, 0.15) is 11.6 Å². The number of methoxy groups -OCH3 is 1. The maximum absolute atomic E-state index is 11.6. The molecule has 0 heterocycles. The van der Waals surface area contributed by atoms with Gasteiger partial charge in [0, 0.05) is 15.7 Å². The molecule has 0 fully saturated rings. The van der Waals surface area contributed by atoms with Crippen molar-refractivity contribution in [1.82, 2.24) is 0 Å². The standard InChI is InChI=1S/C15H13BrClNO3/c1-21-12-7-3-6-11(17)13(12)14(15(19)20)18-10-5-2-4-9(16)8-10/h2-8,14,18H,1H3,(H,19,20). The second-order valence-electron chi connectivity index (χ2n) is 4.28. The molecule has 2 aromatic carbocycles. The molecule has 21 heavy (non-hydrogen) atoms. The number of nitrogens with one attached hydrogen (secondary N) is 1. The second-order valence-corrected chi connectivity index (χ2v) is 5.60. The van der Waals surface area contributed by atoms with E-state index in [4.69, 9.17) is 16.3 Å². The number of carboxylic acid groups (broad SMARTS) is 1. The number of carbonyl (C=O) groups is 1. The van der Waals surface area contributed by atoms with Crippen LogP contribution in [0.3, 0.4) is 0 Å². The molecule has 0 aliphatic rings. The van der Waals surface area contributed by atoms with Gasteiger partial charge in [-0.05, 0) is 30.3 Å². The van der Waals surface area contributed by atoms with Crippen molar-refractivity contribution in [2.75, 3.05) is 12.4 Å². The first-order valence-corrected chi connectivity index (χ1v) is 7.27. The highest BCUT2D eigenvalue weighted by Gasteiger charge is 2.26. The Hall–Kier alpha value is -1.72. The summed E-state index contributed by atoms with van der Waals surface area (Å²) in [4.78, 5) is 11.6. The number of aliphatic carboxylic acids is 1. The number of halogens is 2. The zero-order valence-corrected chi connectivity index (χ0v) is 13.5. The molecule has 6 heteroatoms. The molecule has 0 amide bonds. The third-order valence-corrected chi connectivity index (χ3v) is 3.73. The average Bonchev–Trinajstić information content (AvgIpc) is 2.45. The zero-order valence-electron chi connectivity index (χ0n) is 11.1. The lowest BCUT2D eigenvalue weighted by Gasteiger charge is -2.20. The average molecular weight is 371 g/mol. The minimum atomic E-state index is -1.04. The fourth-order valence-corrected chi connectivity index (χ4v) is 2.65.